The van der Waals surface area contributed by atoms with Crippen LogP contribution in [0.15, 0.2) is 146 Å². The molecule has 4 heterocycles. The lowest BCUT2D eigenvalue weighted by Gasteiger charge is -2.39. The quantitative estimate of drug-likeness (QED) is 0.00695. The molecule has 24 nitrogen and oxygen atoms in total. The van der Waals surface area contributed by atoms with Gasteiger partial charge in [-0.25, -0.2) is 21.6 Å². The van der Waals surface area contributed by atoms with Crippen LogP contribution >= 0.6 is 23.4 Å². The molecule has 0 saturated carbocycles. The smallest absolute Gasteiger partial charge is 0.382 e. The Kier molecular flexibility index (Phi) is 25.7. The summed E-state index contributed by atoms with van der Waals surface area (Å²) < 4.78 is 111. The minimum absolute atomic E-state index is 0.0137. The number of aliphatic imine (C=N–C) groups is 1. The number of rotatable bonds is 31. The largest absolute Gasteiger partial charge is 0.501 e. The molecular formula is C71H84ClF3N12O12S3. The number of amides is 6. The molecular weight excluding hydrogens is 1400 g/mol. The highest BCUT2D eigenvalue weighted by molar-refractivity contribution is 7.99. The second-order valence-corrected chi connectivity index (χ2v) is 31.4. The number of nitrogens with zero attached hydrogens (tertiary/aromatic N) is 7. The molecule has 6 amide bonds. The van der Waals surface area contributed by atoms with Gasteiger partial charge in [-0.15, -0.1) is 11.8 Å². The Balaban J connectivity index is 0.659. The van der Waals surface area contributed by atoms with Gasteiger partial charge in [0.1, 0.15) is 16.6 Å². The van der Waals surface area contributed by atoms with E-state index in [-0.39, 0.29) is 86.0 Å². The SMILES string of the molecule is CC1(C)CCC(c2ccc(Cl)cc2)=C(CN2CCN(c3ccc(C(=O)NS(=O)(=O)c4ccc(N[C@H](CCN5CCN(C(=O)CCCN=CC(COCCOCCNc6cccc7c6C(=O)N(C6CCC(=O)NC6=O)C7=O)=NN)CC5)CSc5ccccc5)c(S(=O)(=O)C(F)(F)F)c4)cc3)CC2)C1. The lowest BCUT2D eigenvalue weighted by molar-refractivity contribution is -0.136. The van der Waals surface area contributed by atoms with E-state index in [2.05, 4.69) is 66.7 Å². The summed E-state index contributed by atoms with van der Waals surface area (Å²) in [5.74, 6) is 2.32. The summed E-state index contributed by atoms with van der Waals surface area (Å²) >= 11 is 7.61. The third-order valence-electron chi connectivity index (χ3n) is 18.5. The number of piperidine rings is 1. The van der Waals surface area contributed by atoms with E-state index < -0.39 is 82.5 Å². The molecule has 3 fully saturated rings. The average Bonchev–Trinajstić information content (AvgIpc) is 1.27. The summed E-state index contributed by atoms with van der Waals surface area (Å²) in [4.78, 5) is 89.9. The number of benzene rings is 5. The van der Waals surface area contributed by atoms with Crippen LogP contribution in [0.4, 0.5) is 30.2 Å². The number of carbonyl (C=O) groups is 6. The second kappa shape index (κ2) is 34.4. The highest BCUT2D eigenvalue weighted by Crippen LogP contribution is 2.43. The van der Waals surface area contributed by atoms with Gasteiger partial charge in [0.05, 0.1) is 48.1 Å². The summed E-state index contributed by atoms with van der Waals surface area (Å²) in [7, 11) is -11.1. The first-order valence-corrected chi connectivity index (χ1v) is 38.1. The third kappa shape index (κ3) is 19.7. The Bertz CT molecular complexity index is 4190. The molecule has 31 heteroatoms. The molecule has 0 aromatic heterocycles. The molecule has 1 unspecified atom stereocenters. The van der Waals surface area contributed by atoms with Crippen LogP contribution in [0, 0.1) is 5.41 Å². The highest BCUT2D eigenvalue weighted by atomic mass is 35.5. The molecule has 6 N–H and O–H groups in total. The van der Waals surface area contributed by atoms with Crippen LogP contribution in [0.1, 0.15) is 102 Å². The van der Waals surface area contributed by atoms with E-state index in [0.29, 0.717) is 87.7 Å². The number of allylic oxidation sites excluding steroid dienone is 1. The van der Waals surface area contributed by atoms with Crippen molar-refractivity contribution in [3.05, 3.63) is 148 Å². The van der Waals surface area contributed by atoms with E-state index in [0.717, 1.165) is 66.5 Å². The number of nitrogens with two attached hydrogens (primary N) is 1. The fraction of sp³-hybridized carbons (Fsp3) is 0.437. The molecule has 0 spiro atoms. The van der Waals surface area contributed by atoms with Crippen molar-refractivity contribution in [2.24, 2.45) is 21.4 Å². The van der Waals surface area contributed by atoms with E-state index in [9.17, 15) is 58.8 Å². The fourth-order valence-corrected chi connectivity index (χ4v) is 16.1. The summed E-state index contributed by atoms with van der Waals surface area (Å²) in [6.45, 7) is 11.8. The van der Waals surface area contributed by atoms with Gasteiger partial charge in [0, 0.05) is 136 Å². The molecule has 2 atom stereocenters. The van der Waals surface area contributed by atoms with Crippen LogP contribution in [0.5, 0.6) is 0 Å². The van der Waals surface area contributed by atoms with Gasteiger partial charge in [-0.3, -0.25) is 53.8 Å². The molecule has 102 heavy (non-hydrogen) atoms. The first kappa shape index (κ1) is 76.4. The number of hydrogen-bond donors (Lipinski definition) is 5. The lowest BCUT2D eigenvalue weighted by atomic mass is 9.73. The first-order chi connectivity index (χ1) is 48.8. The van der Waals surface area contributed by atoms with Crippen molar-refractivity contribution < 1.29 is 68.2 Å². The minimum atomic E-state index is -6.18. The maximum Gasteiger partial charge on any atom is 0.501 e. The summed E-state index contributed by atoms with van der Waals surface area (Å²) in [5.41, 5.74) is -0.290. The number of thioether (sulfide) groups is 1. The second-order valence-electron chi connectivity index (χ2n) is 26.3. The van der Waals surface area contributed by atoms with Crippen molar-refractivity contribution in [2.75, 3.05) is 126 Å². The highest BCUT2D eigenvalue weighted by Gasteiger charge is 2.49. The fourth-order valence-electron chi connectivity index (χ4n) is 13.0. The van der Waals surface area contributed by atoms with Gasteiger partial charge in [0.2, 0.25) is 17.7 Å². The number of sulfone groups is 1. The molecule has 5 aromatic carbocycles. The molecule has 5 aromatic rings. The molecule has 0 bridgehead atoms. The van der Waals surface area contributed by atoms with Gasteiger partial charge in [0.15, 0.2) is 0 Å². The number of imide groups is 2. The number of halogens is 4. The predicted molar refractivity (Wildman–Crippen MR) is 385 cm³/mol. The van der Waals surface area contributed by atoms with Gasteiger partial charge >= 0.3 is 5.51 Å². The first-order valence-electron chi connectivity index (χ1n) is 33.8. The minimum Gasteiger partial charge on any atom is -0.382 e. The molecule has 4 aliphatic heterocycles. The summed E-state index contributed by atoms with van der Waals surface area (Å²) in [6.07, 6.45) is 5.57. The summed E-state index contributed by atoms with van der Waals surface area (Å²) in [6, 6.07) is 28.9. The zero-order valence-corrected chi connectivity index (χ0v) is 59.9. The number of hydrazone groups is 1. The van der Waals surface area contributed by atoms with Crippen molar-refractivity contribution in [3.8, 4) is 0 Å². The van der Waals surface area contributed by atoms with Gasteiger partial charge in [-0.05, 0) is 134 Å². The Morgan fingerprint density at radius 3 is 2.25 bits per heavy atom. The number of piperazine rings is 2. The molecule has 5 aliphatic rings. The van der Waals surface area contributed by atoms with Gasteiger partial charge in [-0.1, -0.05) is 67.4 Å². The molecule has 10 rings (SSSR count). The van der Waals surface area contributed by atoms with Crippen LogP contribution in [0.2, 0.25) is 5.02 Å². The van der Waals surface area contributed by atoms with Crippen molar-refractivity contribution in [1.82, 2.24) is 29.6 Å². The van der Waals surface area contributed by atoms with Crippen LogP contribution < -0.4 is 31.4 Å². The zero-order chi connectivity index (χ0) is 72.8. The normalized spacial score (nSPS) is 18.4. The van der Waals surface area contributed by atoms with E-state index >= 15 is 0 Å². The molecule has 546 valence electrons. The van der Waals surface area contributed by atoms with Crippen molar-refractivity contribution in [3.63, 3.8) is 0 Å². The van der Waals surface area contributed by atoms with E-state index in [4.69, 9.17) is 26.9 Å². The van der Waals surface area contributed by atoms with Gasteiger partial charge < -0.3 is 35.7 Å². The van der Waals surface area contributed by atoms with Gasteiger partial charge in [-0.2, -0.15) is 18.3 Å². The number of anilines is 3. The standard InChI is InChI=1S/C71H84ClF3N12O12S3/c1-70(2)27-25-57(48-13-17-51(72)18-14-48)50(43-70)45-84-33-35-85(36-34-84)54-19-15-49(16-20-54)66(90)82-102(96,97)56-21-22-59(62(42-56)101(94,95)71(73,74)75)79-52(47-100-55-8-4-3-5-9-55)26-30-83-31-37-86(38-32-83)64(89)12-7-28-77-44-53(81-76)46-99-41-40-98-39-29-78-60-11-6-10-58-65(60)69(93)87(68(58)92)61-23-24-63(88)80-67(61)91/h3-6,8-11,13-22,42,44,52,61,78-79H,7,12,23-41,43,45-47,76H2,1-2H3,(H,82,90)(H,80,88,91)/t52-,61?/m1/s1. The van der Waals surface area contributed by atoms with Gasteiger partial charge in [0.25, 0.3) is 37.6 Å². The number of fused-ring (bicyclic) bond motifs is 1. The zero-order valence-electron chi connectivity index (χ0n) is 56.7. The monoisotopic (exact) mass is 1480 g/mol. The maximum absolute atomic E-state index is 14.5. The molecule has 3 saturated heterocycles. The molecule has 1 aliphatic carbocycles. The number of alkyl halides is 3. The predicted octanol–water partition coefficient (Wildman–Crippen LogP) is 8.36. The number of sulfonamides is 1. The van der Waals surface area contributed by atoms with E-state index in [1.807, 2.05) is 47.2 Å². The third-order valence-corrected chi connectivity index (χ3v) is 22.8. The van der Waals surface area contributed by atoms with Crippen LogP contribution in [0.3, 0.4) is 0 Å². The van der Waals surface area contributed by atoms with Crippen molar-refractivity contribution in [2.45, 2.75) is 97.5 Å². The maximum atomic E-state index is 14.5. The summed E-state index contributed by atoms with van der Waals surface area (Å²) in [5, 5.41) is 12.7. The lowest BCUT2D eigenvalue weighted by Crippen LogP contribution is -2.54. The van der Waals surface area contributed by atoms with E-state index in [1.165, 1.54) is 52.9 Å². The van der Waals surface area contributed by atoms with Crippen LogP contribution in [0.25, 0.3) is 5.57 Å². The van der Waals surface area contributed by atoms with E-state index in [1.54, 1.807) is 29.2 Å². The van der Waals surface area contributed by atoms with Crippen LogP contribution in [-0.2, 0) is 43.7 Å². The number of nitrogens with one attached hydrogen (secondary N) is 4. The van der Waals surface area contributed by atoms with Crippen LogP contribution in [-0.4, -0.2) is 212 Å². The Labute approximate surface area is 601 Å². The average molecular weight is 1490 g/mol. The van der Waals surface area contributed by atoms with Crippen molar-refractivity contribution in [1.29, 1.82) is 0 Å². The number of carbonyl (C=O) groups excluding carboxylic acids is 6. The Hall–Kier alpha value is -8.23. The Morgan fingerprint density at radius 1 is 0.824 bits per heavy atom. The molecule has 0 radical (unpaired) electrons. The number of hydrogen-bond acceptors (Lipinski definition) is 21. The van der Waals surface area contributed by atoms with Crippen molar-refractivity contribution >= 4 is 113 Å². The number of ether oxygens (including phenoxy) is 2. The topological polar surface area (TPSA) is 304 Å². The Morgan fingerprint density at radius 2 is 1.54 bits per heavy atom.